The number of likely N-dealkylation sites (tertiary alicyclic amines) is 1. The van der Waals surface area contributed by atoms with E-state index in [4.69, 9.17) is 0 Å². The zero-order valence-electron chi connectivity index (χ0n) is 13.7. The number of rotatable bonds is 10. The zero-order chi connectivity index (χ0) is 15.8. The van der Waals surface area contributed by atoms with Crippen molar-refractivity contribution in [3.05, 3.63) is 0 Å². The van der Waals surface area contributed by atoms with Gasteiger partial charge in [-0.15, -0.1) is 0 Å². The number of carbonyl (C=O) groups excluding carboxylic acids is 3. The molecular formula is C17H29NO3. The molecule has 0 saturated carbocycles. The van der Waals surface area contributed by atoms with Crippen LogP contribution in [0.3, 0.4) is 0 Å². The van der Waals surface area contributed by atoms with Crippen LogP contribution in [0, 0.1) is 11.8 Å². The van der Waals surface area contributed by atoms with E-state index in [9.17, 15) is 14.4 Å². The molecule has 2 amide bonds. The number of hydrogen-bond acceptors (Lipinski definition) is 3. The number of ketones is 1. The number of imide groups is 1. The first-order chi connectivity index (χ1) is 10.0. The monoisotopic (exact) mass is 295 g/mol. The van der Waals surface area contributed by atoms with Gasteiger partial charge in [-0.2, -0.15) is 0 Å². The Hall–Kier alpha value is -1.19. The quantitative estimate of drug-likeness (QED) is 0.459. The van der Waals surface area contributed by atoms with Gasteiger partial charge in [0.1, 0.15) is 5.78 Å². The molecule has 1 fully saturated rings. The number of Topliss-reactive ketones (excluding diaryl/α,β-unsaturated/α-hetero) is 1. The highest BCUT2D eigenvalue weighted by Crippen LogP contribution is 2.33. The summed E-state index contributed by atoms with van der Waals surface area (Å²) in [6, 6.07) is 0. The van der Waals surface area contributed by atoms with E-state index in [1.165, 1.54) is 24.7 Å². The van der Waals surface area contributed by atoms with Crippen LogP contribution in [0.5, 0.6) is 0 Å². The van der Waals surface area contributed by atoms with Gasteiger partial charge in [-0.1, -0.05) is 39.5 Å². The van der Waals surface area contributed by atoms with Crippen LogP contribution in [0.15, 0.2) is 0 Å². The molecule has 0 aromatic rings. The predicted octanol–water partition coefficient (Wildman–Crippen LogP) is 3.34. The molecule has 0 aromatic carbocycles. The highest BCUT2D eigenvalue weighted by molar-refractivity contribution is 6.03. The third kappa shape index (κ3) is 5.25. The van der Waals surface area contributed by atoms with Crippen LogP contribution < -0.4 is 0 Å². The second-order valence-electron chi connectivity index (χ2n) is 6.19. The Morgan fingerprint density at radius 2 is 1.90 bits per heavy atom. The molecule has 1 heterocycles. The fourth-order valence-electron chi connectivity index (χ4n) is 3.16. The molecule has 4 nitrogen and oxygen atoms in total. The lowest BCUT2D eigenvalue weighted by Crippen LogP contribution is -2.34. The third-order valence-corrected chi connectivity index (χ3v) is 4.37. The van der Waals surface area contributed by atoms with Gasteiger partial charge in [0, 0.05) is 19.4 Å². The molecule has 120 valence electrons. The van der Waals surface area contributed by atoms with Crippen molar-refractivity contribution >= 4 is 17.6 Å². The number of unbranched alkanes of at least 4 members (excludes halogenated alkanes) is 2. The molecule has 2 unspecified atom stereocenters. The van der Waals surface area contributed by atoms with E-state index < -0.39 is 0 Å². The Labute approximate surface area is 128 Å². The van der Waals surface area contributed by atoms with Crippen molar-refractivity contribution in [3.8, 4) is 0 Å². The summed E-state index contributed by atoms with van der Waals surface area (Å²) < 4.78 is 0. The summed E-state index contributed by atoms with van der Waals surface area (Å²) in [6.07, 6.45) is 7.19. The van der Waals surface area contributed by atoms with Crippen molar-refractivity contribution in [2.24, 2.45) is 11.8 Å². The molecule has 0 N–H and O–H groups in total. The molecule has 0 bridgehead atoms. The van der Waals surface area contributed by atoms with E-state index in [2.05, 4.69) is 13.8 Å². The molecule has 4 heteroatoms. The van der Waals surface area contributed by atoms with Gasteiger partial charge in [-0.05, 0) is 25.7 Å². The van der Waals surface area contributed by atoms with Crippen molar-refractivity contribution in [2.75, 3.05) is 6.54 Å². The molecular weight excluding hydrogens is 266 g/mol. The predicted molar refractivity (Wildman–Crippen MR) is 82.7 cm³/mol. The Bertz CT molecular complexity index is 378. The summed E-state index contributed by atoms with van der Waals surface area (Å²) in [5, 5.41) is 0. The molecule has 0 aromatic heterocycles. The van der Waals surface area contributed by atoms with Crippen molar-refractivity contribution < 1.29 is 14.4 Å². The van der Waals surface area contributed by atoms with Crippen LogP contribution in [0.25, 0.3) is 0 Å². The van der Waals surface area contributed by atoms with Gasteiger partial charge in [0.25, 0.3) is 0 Å². The Balaban J connectivity index is 2.65. The first kappa shape index (κ1) is 17.9. The third-order valence-electron chi connectivity index (χ3n) is 4.37. The second kappa shape index (κ2) is 8.96. The molecule has 1 rings (SSSR count). The summed E-state index contributed by atoms with van der Waals surface area (Å²) in [6.45, 7) is 6.05. The number of amides is 2. The fraction of sp³-hybridized carbons (Fsp3) is 0.824. The van der Waals surface area contributed by atoms with Crippen LogP contribution in [0.1, 0.15) is 72.1 Å². The summed E-state index contributed by atoms with van der Waals surface area (Å²) in [5.74, 6) is 0.0488. The van der Waals surface area contributed by atoms with Crippen molar-refractivity contribution in [2.45, 2.75) is 72.1 Å². The highest BCUT2D eigenvalue weighted by atomic mass is 16.2. The molecule has 1 aliphatic heterocycles. The lowest BCUT2D eigenvalue weighted by molar-refractivity contribution is -0.140. The Morgan fingerprint density at radius 1 is 1.19 bits per heavy atom. The van der Waals surface area contributed by atoms with Gasteiger partial charge in [-0.3, -0.25) is 19.3 Å². The highest BCUT2D eigenvalue weighted by Gasteiger charge is 2.41. The average Bonchev–Trinajstić information content (AvgIpc) is 2.71. The first-order valence-corrected chi connectivity index (χ1v) is 8.34. The fourth-order valence-corrected chi connectivity index (χ4v) is 3.16. The largest absolute Gasteiger partial charge is 0.300 e. The first-order valence-electron chi connectivity index (χ1n) is 8.34. The van der Waals surface area contributed by atoms with Crippen LogP contribution >= 0.6 is 0 Å². The molecule has 21 heavy (non-hydrogen) atoms. The molecule has 1 saturated heterocycles. The smallest absolute Gasteiger partial charge is 0.233 e. The summed E-state index contributed by atoms with van der Waals surface area (Å²) in [7, 11) is 0. The standard InChI is InChI=1S/C17H29NO3/c1-4-6-7-9-14(8-5-2)15-12-16(20)18(17(15)21)11-10-13(3)19/h14-15H,4-12H2,1-3H3. The Kier molecular flexibility index (Phi) is 7.62. The minimum Gasteiger partial charge on any atom is -0.300 e. The van der Waals surface area contributed by atoms with E-state index in [0.717, 1.165) is 25.7 Å². The maximum Gasteiger partial charge on any atom is 0.233 e. The van der Waals surface area contributed by atoms with Gasteiger partial charge in [0.2, 0.25) is 11.8 Å². The Morgan fingerprint density at radius 3 is 2.48 bits per heavy atom. The molecule has 0 spiro atoms. The minimum atomic E-state index is -0.152. The maximum atomic E-state index is 12.5. The van der Waals surface area contributed by atoms with Crippen LogP contribution in [0.2, 0.25) is 0 Å². The van der Waals surface area contributed by atoms with Gasteiger partial charge in [0.05, 0.1) is 5.92 Å². The van der Waals surface area contributed by atoms with Crippen molar-refractivity contribution in [3.63, 3.8) is 0 Å². The van der Waals surface area contributed by atoms with Crippen molar-refractivity contribution in [1.82, 2.24) is 4.90 Å². The van der Waals surface area contributed by atoms with E-state index in [1.54, 1.807) is 0 Å². The molecule has 1 aliphatic rings. The van der Waals surface area contributed by atoms with E-state index in [1.807, 2.05) is 0 Å². The normalized spacial score (nSPS) is 20.1. The lowest BCUT2D eigenvalue weighted by atomic mass is 9.83. The molecule has 2 atom stereocenters. The molecule has 0 radical (unpaired) electrons. The minimum absolute atomic E-state index is 0.0205. The maximum absolute atomic E-state index is 12.5. The van der Waals surface area contributed by atoms with E-state index in [0.29, 0.717) is 12.3 Å². The summed E-state index contributed by atoms with van der Waals surface area (Å²) in [4.78, 5) is 36.9. The topological polar surface area (TPSA) is 54.5 Å². The average molecular weight is 295 g/mol. The molecule has 0 aliphatic carbocycles. The number of hydrogen-bond donors (Lipinski definition) is 0. The summed E-state index contributed by atoms with van der Waals surface area (Å²) >= 11 is 0. The van der Waals surface area contributed by atoms with Gasteiger partial charge in [-0.25, -0.2) is 0 Å². The van der Waals surface area contributed by atoms with Crippen molar-refractivity contribution in [1.29, 1.82) is 0 Å². The van der Waals surface area contributed by atoms with E-state index >= 15 is 0 Å². The zero-order valence-corrected chi connectivity index (χ0v) is 13.7. The summed E-state index contributed by atoms with van der Waals surface area (Å²) in [5.41, 5.74) is 0. The second-order valence-corrected chi connectivity index (χ2v) is 6.19. The van der Waals surface area contributed by atoms with Gasteiger partial charge in [0.15, 0.2) is 0 Å². The number of carbonyl (C=O) groups is 3. The van der Waals surface area contributed by atoms with Crippen LogP contribution in [0.4, 0.5) is 0 Å². The van der Waals surface area contributed by atoms with Gasteiger partial charge >= 0.3 is 0 Å². The number of nitrogens with zero attached hydrogens (tertiary/aromatic N) is 1. The van der Waals surface area contributed by atoms with Crippen LogP contribution in [-0.4, -0.2) is 29.0 Å². The lowest BCUT2D eigenvalue weighted by Gasteiger charge is -2.22. The van der Waals surface area contributed by atoms with Crippen LogP contribution in [-0.2, 0) is 14.4 Å². The SMILES string of the molecule is CCCCCC(CCC)C1CC(=O)N(CCC(C)=O)C1=O. The van der Waals surface area contributed by atoms with Gasteiger partial charge < -0.3 is 0 Å². The van der Waals surface area contributed by atoms with E-state index in [-0.39, 0.29) is 36.5 Å².